The van der Waals surface area contributed by atoms with Gasteiger partial charge in [-0.05, 0) is 0 Å². The van der Waals surface area contributed by atoms with E-state index in [1.165, 1.54) is 0 Å². The Balaban J connectivity index is -0.0000000150. The van der Waals surface area contributed by atoms with Crippen LogP contribution in [0.1, 0.15) is 0 Å². The summed E-state index contributed by atoms with van der Waals surface area (Å²) < 4.78 is 0.306. The molecule has 0 aromatic rings. The van der Waals surface area contributed by atoms with Crippen LogP contribution in [0.2, 0.25) is 0 Å². The quantitative estimate of drug-likeness (QED) is 0.438. The van der Waals surface area contributed by atoms with Crippen LogP contribution < -0.4 is 0 Å². The molecule has 0 saturated carbocycles. The molecule has 3 nitrogen and oxygen atoms in total. The van der Waals surface area contributed by atoms with Crippen molar-refractivity contribution < 1.29 is 4.00 Å². The van der Waals surface area contributed by atoms with E-state index < -0.39 is 0 Å². The predicted octanol–water partition coefficient (Wildman–Crippen LogP) is 4.81. The summed E-state index contributed by atoms with van der Waals surface area (Å²) in [4.78, 5) is 0. The van der Waals surface area contributed by atoms with Crippen LogP contribution in [-0.2, 0) is 4.00 Å². The monoisotopic (exact) mass is 488 g/mol. The SMILES string of the molecule is [I][Co]([I])[I].[NH2-].[NH2-].[NH2-]. The molecule has 0 amide bonds. The van der Waals surface area contributed by atoms with Crippen LogP contribution in [0.3, 0.4) is 0 Å². The van der Waals surface area contributed by atoms with E-state index in [0.717, 1.165) is 0 Å². The maximum atomic E-state index is 2.38. The van der Waals surface area contributed by atoms with Gasteiger partial charge in [-0.15, -0.1) is 0 Å². The van der Waals surface area contributed by atoms with Crippen molar-refractivity contribution in [3.8, 4) is 0 Å². The molecule has 0 radical (unpaired) electrons. The molecule has 6 N–H and O–H groups in total. The van der Waals surface area contributed by atoms with Gasteiger partial charge in [0.1, 0.15) is 0 Å². The first-order valence-corrected chi connectivity index (χ1v) is 10.5. The first-order chi connectivity index (χ1) is 1.73. The second kappa shape index (κ2) is 15.8. The zero-order chi connectivity index (χ0) is 3.58. The zero-order valence-electron chi connectivity index (χ0n) is 3.20. The Hall–Kier alpha value is 2.58. The molecule has 0 bridgehead atoms. The molecule has 0 aliphatic carbocycles. The van der Waals surface area contributed by atoms with Gasteiger partial charge in [0.25, 0.3) is 0 Å². The number of hydrogen-bond acceptors (Lipinski definition) is 0. The van der Waals surface area contributed by atoms with Crippen molar-refractivity contribution in [2.75, 3.05) is 0 Å². The van der Waals surface area contributed by atoms with E-state index in [2.05, 4.69) is 61.2 Å². The first kappa shape index (κ1) is 22.7. The third-order valence-electron chi connectivity index (χ3n) is 0. The number of nitrogens with two attached hydrogens (primary N) is 3. The molecule has 0 fully saturated rings. The van der Waals surface area contributed by atoms with Crippen LogP contribution in [0.4, 0.5) is 0 Å². The average molecular weight is 488 g/mol. The van der Waals surface area contributed by atoms with Crippen LogP contribution in [0.15, 0.2) is 0 Å². The van der Waals surface area contributed by atoms with Crippen molar-refractivity contribution in [3.63, 3.8) is 0 Å². The van der Waals surface area contributed by atoms with Gasteiger partial charge in [-0.25, -0.2) is 0 Å². The van der Waals surface area contributed by atoms with Gasteiger partial charge in [-0.3, -0.25) is 0 Å². The van der Waals surface area contributed by atoms with E-state index in [1.807, 2.05) is 0 Å². The Bertz CT molecular complexity index is 14.9. The summed E-state index contributed by atoms with van der Waals surface area (Å²) in [6.07, 6.45) is 0. The van der Waals surface area contributed by atoms with Crippen LogP contribution in [0.5, 0.6) is 0 Å². The first-order valence-electron chi connectivity index (χ1n) is 0.378. The van der Waals surface area contributed by atoms with Gasteiger partial charge in [-0.1, -0.05) is 0 Å². The average Bonchev–Trinajstić information content (AvgIpc) is 0.811. The van der Waals surface area contributed by atoms with E-state index >= 15 is 0 Å². The van der Waals surface area contributed by atoms with E-state index in [-0.39, 0.29) is 18.5 Å². The minimum Gasteiger partial charge on any atom is -0.693 e. The summed E-state index contributed by atoms with van der Waals surface area (Å²) in [7, 11) is 0. The Morgan fingerprint density at radius 2 is 0.714 bits per heavy atom. The van der Waals surface area contributed by atoms with Gasteiger partial charge in [0.2, 0.25) is 0 Å². The molecule has 0 atom stereocenters. The molecule has 7 heteroatoms. The number of hydrogen-bond donors (Lipinski definition) is 0. The molecule has 0 spiro atoms. The zero-order valence-corrected chi connectivity index (χ0v) is 10.7. The van der Waals surface area contributed by atoms with Gasteiger partial charge in [-0.2, -0.15) is 0 Å². The third kappa shape index (κ3) is 55.9. The Kier molecular flexibility index (Phi) is 51.2. The largest absolute Gasteiger partial charge is 0.693 e. The summed E-state index contributed by atoms with van der Waals surface area (Å²) in [5, 5.41) is 0. The molecule has 0 aromatic heterocycles. The van der Waals surface area contributed by atoms with Gasteiger partial charge < -0.3 is 18.5 Å². The Labute approximate surface area is 82.1 Å². The van der Waals surface area contributed by atoms with E-state index in [9.17, 15) is 0 Å². The summed E-state index contributed by atoms with van der Waals surface area (Å²) in [5.41, 5.74) is 0. The number of halogens is 3. The van der Waals surface area contributed by atoms with E-state index in [0.29, 0.717) is 4.00 Å². The summed E-state index contributed by atoms with van der Waals surface area (Å²) >= 11 is 7.14. The fourth-order valence-electron chi connectivity index (χ4n) is 0. The molecule has 0 rings (SSSR count). The molecule has 0 unspecified atom stereocenters. The van der Waals surface area contributed by atoms with Gasteiger partial charge in [0.05, 0.1) is 0 Å². The van der Waals surface area contributed by atoms with Crippen LogP contribution in [-0.4, -0.2) is 0 Å². The minimum atomic E-state index is 0. The summed E-state index contributed by atoms with van der Waals surface area (Å²) in [5.74, 6) is 0. The topological polar surface area (TPSA) is 100 Å². The van der Waals surface area contributed by atoms with E-state index in [1.54, 1.807) is 0 Å². The molecule has 0 saturated heterocycles. The number of rotatable bonds is 0. The van der Waals surface area contributed by atoms with E-state index in [4.69, 9.17) is 0 Å². The third-order valence-corrected chi connectivity index (χ3v) is 0. The molecular formula is H6CoI3N3-3. The molecular weight excluding hydrogens is 482 g/mol. The van der Waals surface area contributed by atoms with Crippen LogP contribution >= 0.6 is 61.2 Å². The molecule has 0 aliphatic rings. The van der Waals surface area contributed by atoms with Crippen molar-refractivity contribution >= 4 is 61.2 Å². The summed E-state index contributed by atoms with van der Waals surface area (Å²) in [6.45, 7) is 0. The van der Waals surface area contributed by atoms with Crippen molar-refractivity contribution in [3.05, 3.63) is 18.5 Å². The fraction of sp³-hybridized carbons (Fsp3) is 0. The Morgan fingerprint density at radius 1 is 0.714 bits per heavy atom. The smallest absolute Gasteiger partial charge is 0.693 e. The second-order valence-electron chi connectivity index (χ2n) is 0.143. The molecule has 7 heavy (non-hydrogen) atoms. The van der Waals surface area contributed by atoms with Crippen molar-refractivity contribution in [1.82, 2.24) is 0 Å². The second-order valence-corrected chi connectivity index (χ2v) is 26.5. The fourth-order valence-corrected chi connectivity index (χ4v) is 0. The normalized spacial score (nSPS) is 6.43. The predicted molar refractivity (Wildman–Crippen MR) is 57.9 cm³/mol. The maximum Gasteiger partial charge on any atom is -0.693 e. The van der Waals surface area contributed by atoms with Gasteiger partial charge in [0, 0.05) is 0 Å². The molecule has 0 aliphatic heterocycles. The molecule has 0 heterocycles. The van der Waals surface area contributed by atoms with Crippen molar-refractivity contribution in [2.45, 2.75) is 0 Å². The summed E-state index contributed by atoms with van der Waals surface area (Å²) in [6, 6.07) is 0. The molecule has 0 aromatic carbocycles. The van der Waals surface area contributed by atoms with Crippen molar-refractivity contribution in [1.29, 1.82) is 0 Å². The van der Waals surface area contributed by atoms with Crippen LogP contribution in [0, 0.1) is 0 Å². The van der Waals surface area contributed by atoms with Gasteiger partial charge >= 0.3 is 65.3 Å². The van der Waals surface area contributed by atoms with Gasteiger partial charge in [0.15, 0.2) is 0 Å². The van der Waals surface area contributed by atoms with Crippen molar-refractivity contribution in [2.24, 2.45) is 0 Å². The minimum absolute atomic E-state index is 0. The standard InChI is InChI=1S/Co.3HI.3H2N/h;3*1H;3*1H2/q+3;;;;3*-1/p-3. The maximum absolute atomic E-state index is 2.38. The van der Waals surface area contributed by atoms with Crippen LogP contribution in [0.25, 0.3) is 18.5 Å². The Morgan fingerprint density at radius 3 is 0.714 bits per heavy atom. The molecule has 54 valence electrons.